The maximum absolute atomic E-state index is 10.9. The Kier molecular flexibility index (Phi) is 3.14. The van der Waals surface area contributed by atoms with Crippen LogP contribution < -0.4 is 0 Å². The Hall–Kier alpha value is -1.05. The van der Waals surface area contributed by atoms with E-state index >= 15 is 0 Å². The van der Waals surface area contributed by atoms with Crippen LogP contribution in [0.4, 0.5) is 0 Å². The van der Waals surface area contributed by atoms with Gasteiger partial charge in [-0.05, 0) is 24.8 Å². The topological polar surface area (TPSA) is 26.3 Å². The maximum Gasteiger partial charge on any atom is 0.134 e. The summed E-state index contributed by atoms with van der Waals surface area (Å²) in [4.78, 5) is 10.9. The van der Waals surface area contributed by atoms with Crippen molar-refractivity contribution >= 4 is 6.29 Å². The standard InChI is InChI=1S/C12H18O2/c1-5-14-11-7-12(3,4)6-9(2)10(11)8-13/h7-8,10H,2,5-6H2,1,3-4H3. The van der Waals surface area contributed by atoms with Crippen LogP contribution in [0.25, 0.3) is 0 Å². The minimum absolute atomic E-state index is 0.0566. The van der Waals surface area contributed by atoms with Crippen LogP contribution in [0.5, 0.6) is 0 Å². The van der Waals surface area contributed by atoms with Crippen molar-refractivity contribution < 1.29 is 9.53 Å². The fraction of sp³-hybridized carbons (Fsp3) is 0.583. The van der Waals surface area contributed by atoms with E-state index < -0.39 is 0 Å². The molecular formula is C12H18O2. The Morgan fingerprint density at radius 3 is 2.86 bits per heavy atom. The largest absolute Gasteiger partial charge is 0.497 e. The van der Waals surface area contributed by atoms with E-state index in [2.05, 4.69) is 20.4 Å². The van der Waals surface area contributed by atoms with Crippen LogP contribution in [0.3, 0.4) is 0 Å². The Morgan fingerprint density at radius 1 is 1.71 bits per heavy atom. The van der Waals surface area contributed by atoms with Gasteiger partial charge in [-0.3, -0.25) is 0 Å². The average Bonchev–Trinajstić information content (AvgIpc) is 2.02. The summed E-state index contributed by atoms with van der Waals surface area (Å²) in [5, 5.41) is 0. The van der Waals surface area contributed by atoms with Crippen LogP contribution in [0.1, 0.15) is 27.2 Å². The van der Waals surface area contributed by atoms with E-state index in [1.807, 2.05) is 13.0 Å². The molecule has 78 valence electrons. The van der Waals surface area contributed by atoms with E-state index in [1.54, 1.807) is 0 Å². The minimum Gasteiger partial charge on any atom is -0.497 e. The van der Waals surface area contributed by atoms with Crippen LogP contribution in [0, 0.1) is 11.3 Å². The zero-order valence-electron chi connectivity index (χ0n) is 9.17. The van der Waals surface area contributed by atoms with Gasteiger partial charge in [-0.25, -0.2) is 0 Å². The number of hydrogen-bond donors (Lipinski definition) is 0. The normalized spacial score (nSPS) is 25.5. The summed E-state index contributed by atoms with van der Waals surface area (Å²) >= 11 is 0. The SMILES string of the molecule is C=C1CC(C)(C)C=C(OCC)C1C=O. The summed E-state index contributed by atoms with van der Waals surface area (Å²) in [6, 6.07) is 0. The van der Waals surface area contributed by atoms with E-state index in [-0.39, 0.29) is 11.3 Å². The molecule has 0 saturated carbocycles. The van der Waals surface area contributed by atoms with Crippen LogP contribution in [0.2, 0.25) is 0 Å². The van der Waals surface area contributed by atoms with Gasteiger partial charge in [-0.15, -0.1) is 0 Å². The third kappa shape index (κ3) is 2.25. The summed E-state index contributed by atoms with van der Waals surface area (Å²) in [7, 11) is 0. The molecule has 0 spiro atoms. The van der Waals surface area contributed by atoms with Gasteiger partial charge in [0.1, 0.15) is 12.0 Å². The summed E-state index contributed by atoms with van der Waals surface area (Å²) in [5.41, 5.74) is 1.01. The Bertz CT molecular complexity index is 274. The molecule has 0 amide bonds. The van der Waals surface area contributed by atoms with Gasteiger partial charge in [0.2, 0.25) is 0 Å². The lowest BCUT2D eigenvalue weighted by molar-refractivity contribution is -0.110. The van der Waals surface area contributed by atoms with Crippen LogP contribution in [-0.2, 0) is 9.53 Å². The van der Waals surface area contributed by atoms with Crippen molar-refractivity contribution in [2.24, 2.45) is 11.3 Å². The summed E-state index contributed by atoms with van der Waals surface area (Å²) in [5.74, 6) is 0.534. The van der Waals surface area contributed by atoms with E-state index in [1.165, 1.54) is 0 Å². The molecule has 1 unspecified atom stereocenters. The molecule has 1 aliphatic carbocycles. The zero-order valence-corrected chi connectivity index (χ0v) is 9.17. The molecule has 0 aliphatic heterocycles. The third-order valence-corrected chi connectivity index (χ3v) is 2.41. The van der Waals surface area contributed by atoms with Gasteiger partial charge in [0, 0.05) is 0 Å². The monoisotopic (exact) mass is 194 g/mol. The van der Waals surface area contributed by atoms with Crippen LogP contribution in [0.15, 0.2) is 24.0 Å². The predicted octanol–water partition coefficient (Wildman–Crippen LogP) is 2.71. The molecule has 0 fully saturated rings. The van der Waals surface area contributed by atoms with Gasteiger partial charge in [-0.1, -0.05) is 26.0 Å². The first-order valence-corrected chi connectivity index (χ1v) is 4.98. The Balaban J connectivity index is 2.98. The van der Waals surface area contributed by atoms with Crippen molar-refractivity contribution in [3.63, 3.8) is 0 Å². The molecule has 2 heteroatoms. The molecule has 0 aromatic carbocycles. The first-order chi connectivity index (χ1) is 6.50. The summed E-state index contributed by atoms with van der Waals surface area (Å²) in [6.07, 6.45) is 3.82. The first kappa shape index (κ1) is 11.0. The fourth-order valence-electron chi connectivity index (χ4n) is 1.88. The molecule has 1 atom stereocenters. The number of ether oxygens (including phenoxy) is 1. The van der Waals surface area contributed by atoms with Crippen molar-refractivity contribution in [1.82, 2.24) is 0 Å². The van der Waals surface area contributed by atoms with Gasteiger partial charge in [0.25, 0.3) is 0 Å². The second-order valence-electron chi connectivity index (χ2n) is 4.42. The van der Waals surface area contributed by atoms with Gasteiger partial charge < -0.3 is 9.53 Å². The fourth-order valence-corrected chi connectivity index (χ4v) is 1.88. The predicted molar refractivity (Wildman–Crippen MR) is 56.8 cm³/mol. The molecule has 0 saturated heterocycles. The zero-order chi connectivity index (χ0) is 10.8. The van der Waals surface area contributed by atoms with Crippen LogP contribution >= 0.6 is 0 Å². The van der Waals surface area contributed by atoms with E-state index in [0.29, 0.717) is 6.61 Å². The number of rotatable bonds is 3. The number of allylic oxidation sites excluding steroid dienone is 2. The Morgan fingerprint density at radius 2 is 2.36 bits per heavy atom. The molecule has 1 rings (SSSR count). The van der Waals surface area contributed by atoms with Crippen molar-refractivity contribution in [3.8, 4) is 0 Å². The van der Waals surface area contributed by atoms with Crippen molar-refractivity contribution in [2.75, 3.05) is 6.61 Å². The molecular weight excluding hydrogens is 176 g/mol. The second kappa shape index (κ2) is 3.99. The molecule has 1 aliphatic rings. The smallest absolute Gasteiger partial charge is 0.134 e. The number of carbonyl (C=O) groups is 1. The van der Waals surface area contributed by atoms with E-state index in [9.17, 15) is 4.79 Å². The second-order valence-corrected chi connectivity index (χ2v) is 4.42. The lowest BCUT2D eigenvalue weighted by Crippen LogP contribution is -2.24. The van der Waals surface area contributed by atoms with Crippen molar-refractivity contribution in [1.29, 1.82) is 0 Å². The van der Waals surface area contributed by atoms with Gasteiger partial charge in [0.15, 0.2) is 0 Å². The number of hydrogen-bond acceptors (Lipinski definition) is 2. The molecule has 0 bridgehead atoms. The highest BCUT2D eigenvalue weighted by molar-refractivity contribution is 5.64. The quantitative estimate of drug-likeness (QED) is 0.510. The first-order valence-electron chi connectivity index (χ1n) is 4.98. The third-order valence-electron chi connectivity index (χ3n) is 2.41. The summed E-state index contributed by atoms with van der Waals surface area (Å²) in [6.45, 7) is 10.7. The number of carbonyl (C=O) groups excluding carboxylic acids is 1. The minimum atomic E-state index is -0.233. The number of aldehydes is 1. The molecule has 14 heavy (non-hydrogen) atoms. The van der Waals surface area contributed by atoms with Gasteiger partial charge in [-0.2, -0.15) is 0 Å². The van der Waals surface area contributed by atoms with E-state index in [0.717, 1.165) is 24.0 Å². The maximum atomic E-state index is 10.9. The highest BCUT2D eigenvalue weighted by atomic mass is 16.5. The van der Waals surface area contributed by atoms with E-state index in [4.69, 9.17) is 4.74 Å². The summed E-state index contributed by atoms with van der Waals surface area (Å²) < 4.78 is 5.46. The Labute approximate surface area is 85.6 Å². The molecule has 2 nitrogen and oxygen atoms in total. The molecule has 0 radical (unpaired) electrons. The molecule has 0 aromatic rings. The lowest BCUT2D eigenvalue weighted by Gasteiger charge is -2.32. The van der Waals surface area contributed by atoms with Crippen molar-refractivity contribution in [3.05, 3.63) is 24.0 Å². The van der Waals surface area contributed by atoms with Crippen LogP contribution in [-0.4, -0.2) is 12.9 Å². The van der Waals surface area contributed by atoms with Crippen molar-refractivity contribution in [2.45, 2.75) is 27.2 Å². The molecule has 0 N–H and O–H groups in total. The average molecular weight is 194 g/mol. The highest BCUT2D eigenvalue weighted by Gasteiger charge is 2.31. The molecule has 0 heterocycles. The van der Waals surface area contributed by atoms with Gasteiger partial charge in [0.05, 0.1) is 12.5 Å². The molecule has 0 aromatic heterocycles. The highest BCUT2D eigenvalue weighted by Crippen LogP contribution is 2.38. The van der Waals surface area contributed by atoms with Gasteiger partial charge >= 0.3 is 0 Å². The lowest BCUT2D eigenvalue weighted by atomic mass is 9.75.